The van der Waals surface area contributed by atoms with E-state index < -0.39 is 18.1 Å². The van der Waals surface area contributed by atoms with Crippen LogP contribution in [0.25, 0.3) is 0 Å². The first kappa shape index (κ1) is 43.8. The lowest BCUT2D eigenvalue weighted by Gasteiger charge is -2.34. The number of aliphatic carboxylic acids is 1. The van der Waals surface area contributed by atoms with Crippen LogP contribution in [0.3, 0.4) is 0 Å². The Hall–Kier alpha value is -2.19. The first-order valence-electron chi connectivity index (χ1n) is 18.4. The largest absolute Gasteiger partial charge is 0.544 e. The molecule has 268 valence electrons. The molecule has 0 saturated carbocycles. The van der Waals surface area contributed by atoms with Crippen molar-refractivity contribution in [2.75, 3.05) is 41.0 Å². The van der Waals surface area contributed by atoms with Crippen molar-refractivity contribution in [3.8, 4) is 0 Å². The molecule has 8 nitrogen and oxygen atoms in total. The molecule has 2 unspecified atom stereocenters. The standard InChI is InChI=1S/C38H69NO7/c1-6-8-10-12-14-16-17-18-19-21-23-25-27-29-37(41)46-34(32-44-31-30-35(38(42)43)39(3,4)5)33-45-36(40)28-26-24-22-20-15-13-11-9-7-2/h9,11,15,20,34-35H,6-8,10,12-14,16-19,21-33H2,1-5H3/b11-9+,20-15+. The molecule has 0 radical (unpaired) electrons. The quantitative estimate of drug-likeness (QED) is 0.0319. The Kier molecular flexibility index (Phi) is 28.7. The minimum atomic E-state index is -1.13. The number of allylic oxidation sites excluding steroid dienone is 4. The SMILES string of the molecule is CC/C=C/C/C=C/CCCCC(=O)OCC(COCCC(C(=O)[O-])[N+](C)(C)C)OC(=O)CCCCCCCCCCCCCCC. The van der Waals surface area contributed by atoms with E-state index in [1.165, 1.54) is 64.2 Å². The average Bonchev–Trinajstić information content (AvgIpc) is 3.00. The van der Waals surface area contributed by atoms with E-state index in [0.717, 1.165) is 51.4 Å². The van der Waals surface area contributed by atoms with Crippen LogP contribution >= 0.6 is 0 Å². The molecule has 46 heavy (non-hydrogen) atoms. The maximum Gasteiger partial charge on any atom is 0.306 e. The van der Waals surface area contributed by atoms with E-state index in [9.17, 15) is 19.5 Å². The minimum absolute atomic E-state index is 0.0335. The highest BCUT2D eigenvalue weighted by Gasteiger charge is 2.25. The van der Waals surface area contributed by atoms with E-state index in [4.69, 9.17) is 14.2 Å². The van der Waals surface area contributed by atoms with Crippen molar-refractivity contribution in [2.24, 2.45) is 0 Å². The van der Waals surface area contributed by atoms with Crippen molar-refractivity contribution in [3.63, 3.8) is 0 Å². The van der Waals surface area contributed by atoms with Gasteiger partial charge in [-0.05, 0) is 38.5 Å². The summed E-state index contributed by atoms with van der Waals surface area (Å²) in [6.45, 7) is 4.48. The summed E-state index contributed by atoms with van der Waals surface area (Å²) in [5.41, 5.74) is 0. The molecule has 0 fully saturated rings. The fourth-order valence-corrected chi connectivity index (χ4v) is 5.22. The lowest BCUT2D eigenvalue weighted by molar-refractivity contribution is -0.889. The van der Waals surface area contributed by atoms with Gasteiger partial charge in [-0.2, -0.15) is 0 Å². The highest BCUT2D eigenvalue weighted by molar-refractivity contribution is 5.70. The molecule has 0 bridgehead atoms. The first-order valence-corrected chi connectivity index (χ1v) is 18.4. The van der Waals surface area contributed by atoms with Crippen LogP contribution in [0.5, 0.6) is 0 Å². The van der Waals surface area contributed by atoms with Crippen molar-refractivity contribution >= 4 is 17.9 Å². The Balaban J connectivity index is 4.45. The van der Waals surface area contributed by atoms with Gasteiger partial charge >= 0.3 is 11.9 Å². The summed E-state index contributed by atoms with van der Waals surface area (Å²) in [4.78, 5) is 36.5. The van der Waals surface area contributed by atoms with Crippen LogP contribution in [0.2, 0.25) is 0 Å². The summed E-state index contributed by atoms with van der Waals surface area (Å²) in [6, 6.07) is -0.725. The predicted molar refractivity (Wildman–Crippen MR) is 185 cm³/mol. The van der Waals surface area contributed by atoms with Gasteiger partial charge in [0, 0.05) is 19.3 Å². The summed E-state index contributed by atoms with van der Waals surface area (Å²) in [7, 11) is 5.38. The van der Waals surface area contributed by atoms with Crippen LogP contribution in [0.15, 0.2) is 24.3 Å². The van der Waals surface area contributed by atoms with Gasteiger partial charge in [0.25, 0.3) is 0 Å². The van der Waals surface area contributed by atoms with Crippen molar-refractivity contribution in [2.45, 2.75) is 161 Å². The number of hydrogen-bond donors (Lipinski definition) is 0. The molecule has 0 N–H and O–H groups in total. The van der Waals surface area contributed by atoms with Crippen LogP contribution in [0, 0.1) is 0 Å². The molecule has 0 aliphatic rings. The molecule has 0 heterocycles. The molecule has 0 spiro atoms. The van der Waals surface area contributed by atoms with E-state index in [0.29, 0.717) is 12.8 Å². The van der Waals surface area contributed by atoms with Crippen LogP contribution < -0.4 is 5.11 Å². The van der Waals surface area contributed by atoms with Crippen LogP contribution in [-0.4, -0.2) is 75.5 Å². The molecule has 0 aromatic heterocycles. The smallest absolute Gasteiger partial charge is 0.306 e. The first-order chi connectivity index (χ1) is 22.1. The van der Waals surface area contributed by atoms with Crippen molar-refractivity contribution in [1.82, 2.24) is 0 Å². The highest BCUT2D eigenvalue weighted by Crippen LogP contribution is 2.14. The monoisotopic (exact) mass is 652 g/mol. The van der Waals surface area contributed by atoms with Gasteiger partial charge < -0.3 is 28.6 Å². The fraction of sp³-hybridized carbons (Fsp3) is 0.816. The van der Waals surface area contributed by atoms with E-state index in [1.54, 1.807) is 21.1 Å². The van der Waals surface area contributed by atoms with Gasteiger partial charge in [0.15, 0.2) is 6.10 Å². The number of unbranched alkanes of at least 4 members (excludes halogenated alkanes) is 14. The molecular formula is C38H69NO7. The molecule has 0 saturated heterocycles. The molecule has 0 aliphatic heterocycles. The van der Waals surface area contributed by atoms with Gasteiger partial charge in [0.2, 0.25) is 0 Å². The zero-order valence-corrected chi connectivity index (χ0v) is 30.2. The number of carboxylic acid groups (broad SMARTS) is 1. The van der Waals surface area contributed by atoms with Crippen molar-refractivity contribution in [3.05, 3.63) is 24.3 Å². The fourth-order valence-electron chi connectivity index (χ4n) is 5.22. The molecule has 0 aromatic rings. The highest BCUT2D eigenvalue weighted by atomic mass is 16.6. The number of hydrogen-bond acceptors (Lipinski definition) is 7. The molecule has 0 aliphatic carbocycles. The van der Waals surface area contributed by atoms with E-state index >= 15 is 0 Å². The number of carbonyl (C=O) groups is 3. The van der Waals surface area contributed by atoms with Gasteiger partial charge in [0.05, 0.1) is 40.3 Å². The van der Waals surface area contributed by atoms with Gasteiger partial charge in [-0.15, -0.1) is 0 Å². The maximum atomic E-state index is 12.6. The van der Waals surface area contributed by atoms with Crippen molar-refractivity contribution in [1.29, 1.82) is 0 Å². The van der Waals surface area contributed by atoms with Gasteiger partial charge in [-0.3, -0.25) is 9.59 Å². The Bertz CT molecular complexity index is 818. The molecule has 2 atom stereocenters. The second kappa shape index (κ2) is 30.2. The summed E-state index contributed by atoms with van der Waals surface area (Å²) in [5, 5.41) is 11.5. The number of ether oxygens (including phenoxy) is 3. The molecule has 0 amide bonds. The van der Waals surface area contributed by atoms with Crippen LogP contribution in [0.4, 0.5) is 0 Å². The number of quaternary nitrogens is 1. The second-order valence-corrected chi connectivity index (χ2v) is 13.4. The zero-order chi connectivity index (χ0) is 34.3. The van der Waals surface area contributed by atoms with Gasteiger partial charge in [-0.1, -0.05) is 115 Å². The third-order valence-electron chi connectivity index (χ3n) is 8.10. The molecule has 0 rings (SSSR count). The Labute approximate surface area is 281 Å². The Morgan fingerprint density at radius 2 is 1.22 bits per heavy atom. The van der Waals surface area contributed by atoms with Crippen molar-refractivity contribution < 1.29 is 38.2 Å². The summed E-state index contributed by atoms with van der Waals surface area (Å²) in [6.07, 6.45) is 29.3. The van der Waals surface area contributed by atoms with E-state index in [-0.39, 0.29) is 42.7 Å². The van der Waals surface area contributed by atoms with E-state index in [1.807, 2.05) is 0 Å². The number of carbonyl (C=O) groups excluding carboxylic acids is 3. The number of rotatable bonds is 32. The molecular weight excluding hydrogens is 582 g/mol. The Morgan fingerprint density at radius 3 is 1.78 bits per heavy atom. The van der Waals surface area contributed by atoms with Gasteiger partial charge in [0.1, 0.15) is 12.6 Å². The van der Waals surface area contributed by atoms with Gasteiger partial charge in [-0.25, -0.2) is 0 Å². The molecule has 8 heteroatoms. The normalized spacial score (nSPS) is 13.3. The zero-order valence-electron chi connectivity index (χ0n) is 30.2. The Morgan fingerprint density at radius 1 is 0.674 bits per heavy atom. The topological polar surface area (TPSA) is 102 Å². The van der Waals surface area contributed by atoms with E-state index in [2.05, 4.69) is 38.2 Å². The second-order valence-electron chi connectivity index (χ2n) is 13.4. The van der Waals surface area contributed by atoms with Crippen LogP contribution in [0.1, 0.15) is 149 Å². The lowest BCUT2D eigenvalue weighted by atomic mass is 10.0. The third kappa shape index (κ3) is 28.1. The lowest BCUT2D eigenvalue weighted by Crippen LogP contribution is -2.55. The number of carboxylic acids is 1. The summed E-state index contributed by atoms with van der Waals surface area (Å²) >= 11 is 0. The minimum Gasteiger partial charge on any atom is -0.544 e. The average molecular weight is 652 g/mol. The summed E-state index contributed by atoms with van der Waals surface area (Å²) in [5.74, 6) is -1.78. The number of likely N-dealkylation sites (N-methyl/N-ethyl adjacent to an activating group) is 1. The predicted octanol–water partition coefficient (Wildman–Crippen LogP) is 7.63. The number of nitrogens with zero attached hydrogens (tertiary/aromatic N) is 1. The molecule has 0 aromatic carbocycles. The maximum absolute atomic E-state index is 12.6. The number of esters is 2. The summed E-state index contributed by atoms with van der Waals surface area (Å²) < 4.78 is 17.0. The van der Waals surface area contributed by atoms with Crippen LogP contribution in [-0.2, 0) is 28.6 Å². The third-order valence-corrected chi connectivity index (χ3v) is 8.10.